The van der Waals surface area contributed by atoms with E-state index in [2.05, 4.69) is 11.4 Å². The molecule has 0 aliphatic rings. The van der Waals surface area contributed by atoms with E-state index in [4.69, 9.17) is 0 Å². The Balaban J connectivity index is 1.92. The van der Waals surface area contributed by atoms with E-state index in [9.17, 15) is 13.2 Å². The second kappa shape index (κ2) is 9.57. The standard InChI is InChI=1S/C26H30N2O3S/c1-18-11-12-25(21(4)14-18)22(5)27-26(29)17-28(23-15-19(2)13-20(3)16-23)32(30,31)24-9-7-6-8-10-24/h6-16,22H,17H2,1-5H3,(H,27,29)/t22-/m0/s1. The predicted molar refractivity (Wildman–Crippen MR) is 129 cm³/mol. The Labute approximate surface area is 191 Å². The van der Waals surface area contributed by atoms with Gasteiger partial charge in [0.2, 0.25) is 5.91 Å². The van der Waals surface area contributed by atoms with Crippen LogP contribution in [0.25, 0.3) is 0 Å². The quantitative estimate of drug-likeness (QED) is 0.551. The van der Waals surface area contributed by atoms with Gasteiger partial charge in [0.1, 0.15) is 6.54 Å². The summed E-state index contributed by atoms with van der Waals surface area (Å²) in [6.45, 7) is 9.44. The molecule has 0 saturated heterocycles. The first-order valence-electron chi connectivity index (χ1n) is 10.6. The fourth-order valence-electron chi connectivity index (χ4n) is 3.94. The van der Waals surface area contributed by atoms with E-state index in [1.807, 2.05) is 52.8 Å². The van der Waals surface area contributed by atoms with Crippen molar-refractivity contribution in [2.45, 2.75) is 45.6 Å². The number of hydrogen-bond acceptors (Lipinski definition) is 3. The topological polar surface area (TPSA) is 66.5 Å². The minimum absolute atomic E-state index is 0.148. The molecule has 0 heterocycles. The molecule has 6 heteroatoms. The highest BCUT2D eigenvalue weighted by Crippen LogP contribution is 2.26. The number of sulfonamides is 1. The molecule has 0 spiro atoms. The summed E-state index contributed by atoms with van der Waals surface area (Å²) in [5.41, 5.74) is 5.57. The van der Waals surface area contributed by atoms with Crippen molar-refractivity contribution in [1.29, 1.82) is 0 Å². The van der Waals surface area contributed by atoms with Crippen LogP contribution < -0.4 is 9.62 Å². The van der Waals surface area contributed by atoms with Gasteiger partial charge in [-0.1, -0.05) is 48.0 Å². The number of carbonyl (C=O) groups is 1. The predicted octanol–water partition coefficient (Wildman–Crippen LogP) is 4.99. The van der Waals surface area contributed by atoms with Crippen LogP contribution in [0.2, 0.25) is 0 Å². The first kappa shape index (κ1) is 23.5. The van der Waals surface area contributed by atoms with Gasteiger partial charge in [-0.3, -0.25) is 9.10 Å². The third-order valence-electron chi connectivity index (χ3n) is 5.38. The van der Waals surface area contributed by atoms with E-state index < -0.39 is 10.0 Å². The van der Waals surface area contributed by atoms with Crippen LogP contribution in [0.3, 0.4) is 0 Å². The van der Waals surface area contributed by atoms with Gasteiger partial charge in [0.05, 0.1) is 16.6 Å². The highest BCUT2D eigenvalue weighted by molar-refractivity contribution is 7.92. The summed E-state index contributed by atoms with van der Waals surface area (Å²) in [7, 11) is -3.92. The summed E-state index contributed by atoms with van der Waals surface area (Å²) in [6, 6.07) is 19.6. The number of amides is 1. The Hall–Kier alpha value is -3.12. The molecule has 0 fully saturated rings. The lowest BCUT2D eigenvalue weighted by Crippen LogP contribution is -2.41. The molecule has 3 aromatic rings. The number of carbonyl (C=O) groups excluding carboxylic acids is 1. The number of nitrogens with one attached hydrogen (secondary N) is 1. The number of anilines is 1. The molecule has 32 heavy (non-hydrogen) atoms. The maximum atomic E-state index is 13.5. The zero-order chi connectivity index (χ0) is 23.5. The molecule has 0 aliphatic carbocycles. The van der Waals surface area contributed by atoms with E-state index in [-0.39, 0.29) is 23.4 Å². The van der Waals surface area contributed by atoms with Crippen LogP contribution in [0.4, 0.5) is 5.69 Å². The molecule has 3 rings (SSSR count). The highest BCUT2D eigenvalue weighted by atomic mass is 32.2. The number of hydrogen-bond donors (Lipinski definition) is 1. The summed E-state index contributed by atoms with van der Waals surface area (Å²) in [5, 5.41) is 2.96. The van der Waals surface area contributed by atoms with E-state index in [0.29, 0.717) is 5.69 Å². The van der Waals surface area contributed by atoms with Crippen molar-refractivity contribution in [2.75, 3.05) is 10.8 Å². The number of rotatable bonds is 7. The molecule has 0 aromatic heterocycles. The fourth-order valence-corrected chi connectivity index (χ4v) is 5.36. The molecule has 5 nitrogen and oxygen atoms in total. The van der Waals surface area contributed by atoms with Crippen LogP contribution in [-0.2, 0) is 14.8 Å². The summed E-state index contributed by atoms with van der Waals surface area (Å²) < 4.78 is 28.2. The van der Waals surface area contributed by atoms with Gasteiger partial charge >= 0.3 is 0 Å². The number of nitrogens with zero attached hydrogens (tertiary/aromatic N) is 1. The van der Waals surface area contributed by atoms with Crippen molar-refractivity contribution in [3.8, 4) is 0 Å². The lowest BCUT2D eigenvalue weighted by atomic mass is 10.0. The Kier molecular flexibility index (Phi) is 7.04. The van der Waals surface area contributed by atoms with Gasteiger partial charge in [0.15, 0.2) is 0 Å². The van der Waals surface area contributed by atoms with E-state index >= 15 is 0 Å². The number of aryl methyl sites for hydroxylation is 4. The Morgan fingerprint density at radius 3 is 2.09 bits per heavy atom. The van der Waals surface area contributed by atoms with Crippen molar-refractivity contribution in [3.63, 3.8) is 0 Å². The molecule has 0 aliphatic heterocycles. The Morgan fingerprint density at radius 2 is 1.50 bits per heavy atom. The van der Waals surface area contributed by atoms with Crippen LogP contribution in [0, 0.1) is 27.7 Å². The summed E-state index contributed by atoms with van der Waals surface area (Å²) >= 11 is 0. The smallest absolute Gasteiger partial charge is 0.264 e. The molecular weight excluding hydrogens is 420 g/mol. The van der Waals surface area contributed by atoms with Crippen molar-refractivity contribution < 1.29 is 13.2 Å². The maximum Gasteiger partial charge on any atom is 0.264 e. The zero-order valence-corrected chi connectivity index (χ0v) is 20.0. The molecule has 1 atom stereocenters. The van der Waals surface area contributed by atoms with Gasteiger partial charge in [-0.25, -0.2) is 8.42 Å². The molecule has 0 unspecified atom stereocenters. The lowest BCUT2D eigenvalue weighted by molar-refractivity contribution is -0.120. The van der Waals surface area contributed by atoms with Crippen LogP contribution in [-0.4, -0.2) is 20.9 Å². The second-order valence-corrected chi connectivity index (χ2v) is 10.2. The first-order chi connectivity index (χ1) is 15.1. The van der Waals surface area contributed by atoms with Crippen LogP contribution in [0.15, 0.2) is 71.6 Å². The molecule has 1 N–H and O–H groups in total. The van der Waals surface area contributed by atoms with Crippen LogP contribution in [0.5, 0.6) is 0 Å². The van der Waals surface area contributed by atoms with Crippen molar-refractivity contribution in [1.82, 2.24) is 5.32 Å². The van der Waals surface area contributed by atoms with E-state index in [1.165, 1.54) is 4.31 Å². The second-order valence-electron chi connectivity index (χ2n) is 8.32. The third-order valence-corrected chi connectivity index (χ3v) is 7.17. The monoisotopic (exact) mass is 450 g/mol. The minimum Gasteiger partial charge on any atom is -0.348 e. The largest absolute Gasteiger partial charge is 0.348 e. The summed E-state index contributed by atoms with van der Waals surface area (Å²) in [6.07, 6.45) is 0. The van der Waals surface area contributed by atoms with Gasteiger partial charge in [0, 0.05) is 0 Å². The van der Waals surface area contributed by atoms with Gasteiger partial charge in [-0.15, -0.1) is 0 Å². The van der Waals surface area contributed by atoms with Gasteiger partial charge in [0.25, 0.3) is 10.0 Å². The van der Waals surface area contributed by atoms with Crippen LogP contribution in [0.1, 0.15) is 40.8 Å². The summed E-state index contributed by atoms with van der Waals surface area (Å²) in [5.74, 6) is -0.365. The molecule has 0 radical (unpaired) electrons. The minimum atomic E-state index is -3.92. The first-order valence-corrected chi connectivity index (χ1v) is 12.0. The molecular formula is C26H30N2O3S. The Bertz CT molecular complexity index is 1200. The average Bonchev–Trinajstić information content (AvgIpc) is 2.71. The van der Waals surface area contributed by atoms with Crippen molar-refractivity contribution in [2.24, 2.45) is 0 Å². The third kappa shape index (κ3) is 5.37. The van der Waals surface area contributed by atoms with Crippen molar-refractivity contribution in [3.05, 3.63) is 94.5 Å². The average molecular weight is 451 g/mol. The van der Waals surface area contributed by atoms with Gasteiger partial charge in [-0.2, -0.15) is 0 Å². The highest BCUT2D eigenvalue weighted by Gasteiger charge is 2.28. The molecule has 3 aromatic carbocycles. The Morgan fingerprint density at radius 1 is 0.875 bits per heavy atom. The fraction of sp³-hybridized carbons (Fsp3) is 0.269. The van der Waals surface area contributed by atoms with Gasteiger partial charge < -0.3 is 5.32 Å². The van der Waals surface area contributed by atoms with E-state index in [0.717, 1.165) is 27.8 Å². The summed E-state index contributed by atoms with van der Waals surface area (Å²) in [4.78, 5) is 13.2. The van der Waals surface area contributed by atoms with Crippen molar-refractivity contribution >= 4 is 21.6 Å². The SMILES string of the molecule is Cc1cc(C)cc(N(CC(=O)N[C@@H](C)c2ccc(C)cc2C)S(=O)(=O)c2ccccc2)c1. The molecule has 168 valence electrons. The maximum absolute atomic E-state index is 13.5. The van der Waals surface area contributed by atoms with Gasteiger partial charge in [-0.05, 0) is 81.1 Å². The zero-order valence-electron chi connectivity index (χ0n) is 19.2. The molecule has 1 amide bonds. The normalized spacial score (nSPS) is 12.3. The number of benzene rings is 3. The van der Waals surface area contributed by atoms with Crippen LogP contribution >= 0.6 is 0 Å². The lowest BCUT2D eigenvalue weighted by Gasteiger charge is -2.26. The molecule has 0 bridgehead atoms. The van der Waals surface area contributed by atoms with E-state index in [1.54, 1.807) is 42.5 Å². The molecule has 0 saturated carbocycles.